The van der Waals surface area contributed by atoms with Crippen LogP contribution in [0.5, 0.6) is 0 Å². The molecule has 1 heterocycles. The van der Waals surface area contributed by atoms with Crippen LogP contribution in [0.4, 0.5) is 8.78 Å². The minimum absolute atomic E-state index is 0.353. The van der Waals surface area contributed by atoms with Gasteiger partial charge in [0.25, 0.3) is 0 Å². The third-order valence-electron chi connectivity index (χ3n) is 2.45. The van der Waals surface area contributed by atoms with Crippen LogP contribution in [-0.4, -0.2) is 4.98 Å². The number of nitrogens with two attached hydrogens (primary N) is 1. The van der Waals surface area contributed by atoms with Crippen molar-refractivity contribution in [2.24, 2.45) is 5.73 Å². The molecule has 17 heavy (non-hydrogen) atoms. The molecule has 0 saturated carbocycles. The topological polar surface area (TPSA) is 38.9 Å². The molecule has 0 aliphatic carbocycles. The van der Waals surface area contributed by atoms with E-state index in [9.17, 15) is 8.78 Å². The number of aromatic nitrogens is 1. The van der Waals surface area contributed by atoms with Gasteiger partial charge in [-0.3, -0.25) is 4.98 Å². The first-order valence-electron chi connectivity index (χ1n) is 5.26. The second-order valence-electron chi connectivity index (χ2n) is 3.84. The summed E-state index contributed by atoms with van der Waals surface area (Å²) in [5, 5.41) is 0. The van der Waals surface area contributed by atoms with Gasteiger partial charge >= 0.3 is 0 Å². The van der Waals surface area contributed by atoms with Crippen LogP contribution >= 0.6 is 0 Å². The largest absolute Gasteiger partial charge is 0.322 e. The average molecular weight is 234 g/mol. The molecule has 0 saturated heterocycles. The summed E-state index contributed by atoms with van der Waals surface area (Å²) in [6.07, 6.45) is 1.99. The van der Waals surface area contributed by atoms with E-state index in [4.69, 9.17) is 5.73 Å². The number of hydrogen-bond acceptors (Lipinski definition) is 2. The van der Waals surface area contributed by atoms with Crippen molar-refractivity contribution in [2.45, 2.75) is 12.5 Å². The third kappa shape index (κ3) is 3.07. The predicted octanol–water partition coefficient (Wildman–Crippen LogP) is 2.60. The molecule has 0 bridgehead atoms. The van der Waals surface area contributed by atoms with Gasteiger partial charge in [-0.25, -0.2) is 8.78 Å². The van der Waals surface area contributed by atoms with E-state index >= 15 is 0 Å². The van der Waals surface area contributed by atoms with E-state index in [1.807, 2.05) is 6.07 Å². The summed E-state index contributed by atoms with van der Waals surface area (Å²) in [7, 11) is 0. The van der Waals surface area contributed by atoms with Gasteiger partial charge in [0.1, 0.15) is 11.6 Å². The Morgan fingerprint density at radius 3 is 2.41 bits per heavy atom. The number of pyridine rings is 1. The summed E-state index contributed by atoms with van der Waals surface area (Å²) in [4.78, 5) is 4.11. The Hall–Kier alpha value is -1.81. The van der Waals surface area contributed by atoms with Crippen LogP contribution in [0.25, 0.3) is 0 Å². The van der Waals surface area contributed by atoms with E-state index in [1.54, 1.807) is 18.3 Å². The van der Waals surface area contributed by atoms with Crippen molar-refractivity contribution in [3.05, 3.63) is 65.5 Å². The summed E-state index contributed by atoms with van der Waals surface area (Å²) in [6.45, 7) is 0. The molecule has 2 rings (SSSR count). The SMILES string of the molecule is NC(Cc1cc(F)cc(F)c1)c1ccccn1. The lowest BCUT2D eigenvalue weighted by molar-refractivity contribution is 0.575. The zero-order valence-electron chi connectivity index (χ0n) is 9.11. The number of halogens is 2. The van der Waals surface area contributed by atoms with E-state index in [2.05, 4.69) is 4.98 Å². The van der Waals surface area contributed by atoms with Gasteiger partial charge in [-0.05, 0) is 36.2 Å². The Labute approximate surface area is 98.1 Å². The van der Waals surface area contributed by atoms with Crippen LogP contribution in [0.2, 0.25) is 0 Å². The van der Waals surface area contributed by atoms with Gasteiger partial charge in [-0.15, -0.1) is 0 Å². The maximum atomic E-state index is 13.0. The smallest absolute Gasteiger partial charge is 0.126 e. The number of nitrogens with zero attached hydrogens (tertiary/aromatic N) is 1. The van der Waals surface area contributed by atoms with E-state index < -0.39 is 11.6 Å². The lowest BCUT2D eigenvalue weighted by atomic mass is 10.0. The third-order valence-corrected chi connectivity index (χ3v) is 2.45. The summed E-state index contributed by atoms with van der Waals surface area (Å²) in [6, 6.07) is 8.46. The minimum Gasteiger partial charge on any atom is -0.322 e. The molecule has 2 N–H and O–H groups in total. The van der Waals surface area contributed by atoms with Gasteiger partial charge in [-0.1, -0.05) is 6.07 Å². The summed E-state index contributed by atoms with van der Waals surface area (Å²) in [5.41, 5.74) is 7.15. The van der Waals surface area contributed by atoms with Crippen molar-refractivity contribution in [2.75, 3.05) is 0 Å². The lowest BCUT2D eigenvalue weighted by Crippen LogP contribution is -2.14. The van der Waals surface area contributed by atoms with Crippen molar-refractivity contribution in [3.63, 3.8) is 0 Å². The molecular weight excluding hydrogens is 222 g/mol. The number of hydrogen-bond donors (Lipinski definition) is 1. The van der Waals surface area contributed by atoms with Gasteiger partial charge in [0.2, 0.25) is 0 Å². The normalized spacial score (nSPS) is 12.4. The maximum Gasteiger partial charge on any atom is 0.126 e. The molecule has 1 aromatic heterocycles. The monoisotopic (exact) mass is 234 g/mol. The molecule has 4 heteroatoms. The fourth-order valence-electron chi connectivity index (χ4n) is 1.68. The van der Waals surface area contributed by atoms with Crippen LogP contribution in [0.3, 0.4) is 0 Å². The van der Waals surface area contributed by atoms with Crippen molar-refractivity contribution in [1.82, 2.24) is 4.98 Å². The molecule has 1 unspecified atom stereocenters. The van der Waals surface area contributed by atoms with Gasteiger partial charge in [0.15, 0.2) is 0 Å². The highest BCUT2D eigenvalue weighted by Crippen LogP contribution is 2.16. The Bertz CT molecular complexity index is 480. The van der Waals surface area contributed by atoms with Crippen LogP contribution in [0.15, 0.2) is 42.6 Å². The molecule has 0 spiro atoms. The van der Waals surface area contributed by atoms with Gasteiger partial charge in [0, 0.05) is 12.3 Å². The zero-order chi connectivity index (χ0) is 12.3. The van der Waals surface area contributed by atoms with Crippen molar-refractivity contribution >= 4 is 0 Å². The Morgan fingerprint density at radius 1 is 1.12 bits per heavy atom. The minimum atomic E-state index is -0.590. The fourth-order valence-corrected chi connectivity index (χ4v) is 1.68. The highest BCUT2D eigenvalue weighted by molar-refractivity contribution is 5.21. The van der Waals surface area contributed by atoms with E-state index in [0.29, 0.717) is 17.7 Å². The highest BCUT2D eigenvalue weighted by atomic mass is 19.1. The van der Waals surface area contributed by atoms with Gasteiger partial charge in [-0.2, -0.15) is 0 Å². The van der Waals surface area contributed by atoms with Crippen LogP contribution in [-0.2, 0) is 6.42 Å². The van der Waals surface area contributed by atoms with E-state index in [0.717, 1.165) is 6.07 Å². The quantitative estimate of drug-likeness (QED) is 0.886. The summed E-state index contributed by atoms with van der Waals surface area (Å²) in [5.74, 6) is -1.18. The second kappa shape index (κ2) is 5.01. The van der Waals surface area contributed by atoms with Crippen LogP contribution < -0.4 is 5.73 Å². The molecule has 1 atom stereocenters. The van der Waals surface area contributed by atoms with Crippen molar-refractivity contribution in [1.29, 1.82) is 0 Å². The Kier molecular flexibility index (Phi) is 3.44. The first-order chi connectivity index (χ1) is 8.15. The van der Waals surface area contributed by atoms with Crippen molar-refractivity contribution in [3.8, 4) is 0 Å². The molecular formula is C13H12F2N2. The van der Waals surface area contributed by atoms with E-state index in [1.165, 1.54) is 12.1 Å². The fraction of sp³-hybridized carbons (Fsp3) is 0.154. The summed E-state index contributed by atoms with van der Waals surface area (Å²) >= 11 is 0. The Morgan fingerprint density at radius 2 is 1.82 bits per heavy atom. The average Bonchev–Trinajstić information content (AvgIpc) is 2.28. The van der Waals surface area contributed by atoms with Gasteiger partial charge in [0.05, 0.1) is 11.7 Å². The van der Waals surface area contributed by atoms with Crippen molar-refractivity contribution < 1.29 is 8.78 Å². The molecule has 2 aromatic rings. The number of benzene rings is 1. The van der Waals surface area contributed by atoms with E-state index in [-0.39, 0.29) is 6.04 Å². The molecule has 0 radical (unpaired) electrons. The van der Waals surface area contributed by atoms with Crippen LogP contribution in [0.1, 0.15) is 17.3 Å². The molecule has 0 amide bonds. The standard InChI is InChI=1S/C13H12F2N2/c14-10-5-9(6-11(15)8-10)7-12(16)13-3-1-2-4-17-13/h1-6,8,12H,7,16H2. The predicted molar refractivity (Wildman–Crippen MR) is 61.2 cm³/mol. The number of rotatable bonds is 3. The highest BCUT2D eigenvalue weighted by Gasteiger charge is 2.09. The molecule has 0 fully saturated rings. The molecule has 2 nitrogen and oxygen atoms in total. The molecule has 0 aliphatic rings. The molecule has 1 aromatic carbocycles. The summed E-state index contributed by atoms with van der Waals surface area (Å²) < 4.78 is 26.0. The molecule has 88 valence electrons. The zero-order valence-corrected chi connectivity index (χ0v) is 9.11. The Balaban J connectivity index is 2.16. The second-order valence-corrected chi connectivity index (χ2v) is 3.84. The lowest BCUT2D eigenvalue weighted by Gasteiger charge is -2.11. The molecule has 0 aliphatic heterocycles. The maximum absolute atomic E-state index is 13.0. The first-order valence-corrected chi connectivity index (χ1v) is 5.26. The van der Waals surface area contributed by atoms with Gasteiger partial charge < -0.3 is 5.73 Å². The first kappa shape index (κ1) is 11.7. The van der Waals surface area contributed by atoms with Crippen LogP contribution in [0, 0.1) is 11.6 Å².